The maximum absolute atomic E-state index is 2.38. The van der Waals surface area contributed by atoms with Gasteiger partial charge in [-0.05, 0) is 35.6 Å². The minimum absolute atomic E-state index is 1.02. The van der Waals surface area contributed by atoms with Gasteiger partial charge in [-0.2, -0.15) is 0 Å². The predicted molar refractivity (Wildman–Crippen MR) is 65.3 cm³/mol. The van der Waals surface area contributed by atoms with E-state index in [1.165, 1.54) is 16.5 Å². The van der Waals surface area contributed by atoms with Gasteiger partial charge in [-0.25, -0.2) is 0 Å². The van der Waals surface area contributed by atoms with Crippen LogP contribution in [0.25, 0.3) is 10.9 Å². The summed E-state index contributed by atoms with van der Waals surface area (Å²) in [6.45, 7) is 2.19. The number of alkyl halides is 1. The van der Waals surface area contributed by atoms with Gasteiger partial charge in [0, 0.05) is 11.7 Å². The third-order valence-electron chi connectivity index (χ3n) is 2.37. The third kappa shape index (κ3) is 1.59. The Bertz CT molecular complexity index is 417. The molecule has 0 saturated carbocycles. The smallest absolute Gasteiger partial charge is 0.0742 e. The Kier molecular flexibility index (Phi) is 2.58. The lowest BCUT2D eigenvalue weighted by Crippen LogP contribution is -1.88. The van der Waals surface area contributed by atoms with Crippen LogP contribution in [0.5, 0.6) is 0 Å². The first-order valence-corrected chi connectivity index (χ1v) is 6.01. The number of rotatable bonds is 2. The van der Waals surface area contributed by atoms with Gasteiger partial charge >= 0.3 is 0 Å². The average molecular weight is 285 g/mol. The molecule has 0 atom stereocenters. The van der Waals surface area contributed by atoms with E-state index in [9.17, 15) is 0 Å². The summed E-state index contributed by atoms with van der Waals surface area (Å²) in [7, 11) is 0. The van der Waals surface area contributed by atoms with Crippen LogP contribution >= 0.6 is 22.6 Å². The average Bonchev–Trinajstić information content (AvgIpc) is 2.59. The van der Waals surface area contributed by atoms with E-state index in [0.29, 0.717) is 0 Å². The van der Waals surface area contributed by atoms with Crippen molar-refractivity contribution in [2.24, 2.45) is 0 Å². The van der Waals surface area contributed by atoms with Crippen molar-refractivity contribution in [1.82, 2.24) is 4.57 Å². The molecule has 0 N–H and O–H groups in total. The van der Waals surface area contributed by atoms with E-state index >= 15 is 0 Å². The van der Waals surface area contributed by atoms with E-state index in [-0.39, 0.29) is 0 Å². The van der Waals surface area contributed by atoms with E-state index in [1.807, 2.05) is 0 Å². The predicted octanol–water partition coefficient (Wildman–Crippen LogP) is 3.60. The number of hydrogen-bond donors (Lipinski definition) is 0. The molecule has 0 bridgehead atoms. The van der Waals surface area contributed by atoms with Crippen LogP contribution in [0.1, 0.15) is 12.5 Å². The zero-order valence-corrected chi connectivity index (χ0v) is 9.78. The summed E-state index contributed by atoms with van der Waals surface area (Å²) in [6, 6.07) is 8.89. The van der Waals surface area contributed by atoms with Gasteiger partial charge in [0.15, 0.2) is 0 Å². The fourth-order valence-corrected chi connectivity index (χ4v) is 2.17. The van der Waals surface area contributed by atoms with Gasteiger partial charge in [0.1, 0.15) is 0 Å². The van der Waals surface area contributed by atoms with Crippen LogP contribution in [0.15, 0.2) is 30.5 Å². The Morgan fingerprint density at radius 1 is 1.31 bits per heavy atom. The molecule has 2 aromatic rings. The van der Waals surface area contributed by atoms with Crippen LogP contribution in [0, 0.1) is 0 Å². The maximum Gasteiger partial charge on any atom is 0.0742 e. The highest BCUT2D eigenvalue weighted by Gasteiger charge is 1.99. The Balaban J connectivity index is 2.61. The highest BCUT2D eigenvalue weighted by molar-refractivity contribution is 14.1. The molecule has 1 nitrogen and oxygen atoms in total. The second-order valence-corrected chi connectivity index (χ2v) is 3.83. The summed E-state index contributed by atoms with van der Waals surface area (Å²) in [5.74, 6) is 0. The number of aromatic nitrogens is 1. The first kappa shape index (κ1) is 9.06. The lowest BCUT2D eigenvalue weighted by atomic mass is 10.1. The second-order valence-electron chi connectivity index (χ2n) is 3.15. The Labute approximate surface area is 91.9 Å². The van der Waals surface area contributed by atoms with Gasteiger partial charge in [0.05, 0.1) is 4.55 Å². The van der Waals surface area contributed by atoms with E-state index < -0.39 is 0 Å². The van der Waals surface area contributed by atoms with Crippen LogP contribution in [0.3, 0.4) is 0 Å². The highest BCUT2D eigenvalue weighted by Crippen LogP contribution is 2.18. The Hall–Kier alpha value is -0.510. The third-order valence-corrected chi connectivity index (χ3v) is 3.11. The minimum atomic E-state index is 1.02. The van der Waals surface area contributed by atoms with Crippen LogP contribution in [-0.2, 0) is 11.0 Å². The van der Waals surface area contributed by atoms with E-state index in [4.69, 9.17) is 0 Å². The maximum atomic E-state index is 2.38. The molecular weight excluding hydrogens is 273 g/mol. The fourth-order valence-electron chi connectivity index (χ4n) is 1.57. The molecule has 13 heavy (non-hydrogen) atoms. The van der Waals surface area contributed by atoms with Crippen molar-refractivity contribution >= 4 is 33.5 Å². The number of benzene rings is 1. The van der Waals surface area contributed by atoms with Crippen molar-refractivity contribution < 1.29 is 0 Å². The van der Waals surface area contributed by atoms with Crippen molar-refractivity contribution in [3.05, 3.63) is 36.0 Å². The van der Waals surface area contributed by atoms with Crippen molar-refractivity contribution in [3.8, 4) is 0 Å². The van der Waals surface area contributed by atoms with Gasteiger partial charge in [-0.1, -0.05) is 35.6 Å². The van der Waals surface area contributed by atoms with E-state index in [0.717, 1.165) is 11.0 Å². The van der Waals surface area contributed by atoms with Crippen LogP contribution in [0.2, 0.25) is 0 Å². The monoisotopic (exact) mass is 285 g/mol. The molecule has 2 heteroatoms. The summed E-state index contributed by atoms with van der Waals surface area (Å²) in [6.07, 6.45) is 3.27. The summed E-state index contributed by atoms with van der Waals surface area (Å²) in [4.78, 5) is 0. The molecular formula is C11H12IN. The van der Waals surface area contributed by atoms with Gasteiger partial charge < -0.3 is 4.57 Å². The van der Waals surface area contributed by atoms with Crippen LogP contribution in [-0.4, -0.2) is 4.57 Å². The number of halogens is 1. The SMILES string of the molecule is CCc1ccc2c(ccn2CI)c1. The molecule has 0 aliphatic carbocycles. The summed E-state index contributed by atoms with van der Waals surface area (Å²) in [5.41, 5.74) is 2.75. The first-order valence-electron chi connectivity index (χ1n) is 4.49. The van der Waals surface area contributed by atoms with Gasteiger partial charge in [0.25, 0.3) is 0 Å². The van der Waals surface area contributed by atoms with Crippen LogP contribution < -0.4 is 0 Å². The number of hydrogen-bond acceptors (Lipinski definition) is 0. The molecule has 0 spiro atoms. The molecule has 0 unspecified atom stereocenters. The molecule has 1 heterocycles. The fraction of sp³-hybridized carbons (Fsp3) is 0.273. The van der Waals surface area contributed by atoms with E-state index in [1.54, 1.807) is 0 Å². The largest absolute Gasteiger partial charge is 0.338 e. The number of fused-ring (bicyclic) bond motifs is 1. The molecule has 0 fully saturated rings. The zero-order valence-electron chi connectivity index (χ0n) is 7.63. The van der Waals surface area contributed by atoms with Gasteiger partial charge in [0.2, 0.25) is 0 Å². The van der Waals surface area contributed by atoms with Gasteiger partial charge in [-0.3, -0.25) is 0 Å². The second kappa shape index (κ2) is 3.70. The molecule has 0 amide bonds. The molecule has 0 aliphatic rings. The quantitative estimate of drug-likeness (QED) is 0.587. The summed E-state index contributed by atoms with van der Waals surface area (Å²) >= 11 is 2.38. The molecule has 1 aromatic heterocycles. The molecule has 68 valence electrons. The highest BCUT2D eigenvalue weighted by atomic mass is 127. The van der Waals surface area contributed by atoms with Crippen molar-refractivity contribution in [2.45, 2.75) is 17.9 Å². The lowest BCUT2D eigenvalue weighted by Gasteiger charge is -2.00. The molecule has 0 radical (unpaired) electrons. The van der Waals surface area contributed by atoms with E-state index in [2.05, 4.69) is 64.5 Å². The first-order chi connectivity index (χ1) is 6.35. The van der Waals surface area contributed by atoms with Gasteiger partial charge in [-0.15, -0.1) is 0 Å². The van der Waals surface area contributed by atoms with Crippen LogP contribution in [0.4, 0.5) is 0 Å². The molecule has 0 saturated heterocycles. The van der Waals surface area contributed by atoms with Crippen molar-refractivity contribution in [3.63, 3.8) is 0 Å². The van der Waals surface area contributed by atoms with Crippen molar-refractivity contribution in [2.75, 3.05) is 0 Å². The normalized spacial score (nSPS) is 10.9. The summed E-state index contributed by atoms with van der Waals surface area (Å²) < 4.78 is 3.28. The topological polar surface area (TPSA) is 4.93 Å². The van der Waals surface area contributed by atoms with Crippen molar-refractivity contribution in [1.29, 1.82) is 0 Å². The zero-order chi connectivity index (χ0) is 9.26. The number of aryl methyl sites for hydroxylation is 1. The Morgan fingerprint density at radius 3 is 2.85 bits per heavy atom. The molecule has 2 rings (SSSR count). The lowest BCUT2D eigenvalue weighted by molar-refractivity contribution is 0.968. The summed E-state index contributed by atoms with van der Waals surface area (Å²) in [5, 5.41) is 1.36. The molecule has 0 aliphatic heterocycles. The standard InChI is InChI=1S/C11H12IN/c1-2-9-3-4-11-10(7-9)5-6-13(11)8-12/h3-7H,2,8H2,1H3. The number of nitrogens with zero attached hydrogens (tertiary/aromatic N) is 1. The minimum Gasteiger partial charge on any atom is -0.338 e. The Morgan fingerprint density at radius 2 is 2.15 bits per heavy atom. The molecule has 1 aromatic carbocycles.